The maximum absolute atomic E-state index is 8.96. The number of hydrogen-bond acceptors (Lipinski definition) is 3. The fraction of sp³-hybridized carbons (Fsp3) is 0.917. The van der Waals surface area contributed by atoms with Gasteiger partial charge in [-0.2, -0.15) is 5.26 Å². The van der Waals surface area contributed by atoms with E-state index in [-0.39, 0.29) is 11.6 Å². The third-order valence-corrected chi connectivity index (χ3v) is 3.38. The summed E-state index contributed by atoms with van der Waals surface area (Å²) < 4.78 is 0. The van der Waals surface area contributed by atoms with E-state index in [1.807, 2.05) is 0 Å². The van der Waals surface area contributed by atoms with Crippen LogP contribution in [0.15, 0.2) is 0 Å². The summed E-state index contributed by atoms with van der Waals surface area (Å²) in [6.07, 6.45) is 2.23. The van der Waals surface area contributed by atoms with Crippen LogP contribution in [0.4, 0.5) is 0 Å². The van der Waals surface area contributed by atoms with Crippen LogP contribution in [-0.2, 0) is 0 Å². The van der Waals surface area contributed by atoms with E-state index in [0.717, 1.165) is 26.1 Å². The molecule has 3 nitrogen and oxygen atoms in total. The van der Waals surface area contributed by atoms with E-state index in [1.54, 1.807) is 0 Å². The van der Waals surface area contributed by atoms with Gasteiger partial charge >= 0.3 is 0 Å². The van der Waals surface area contributed by atoms with Gasteiger partial charge in [0.05, 0.1) is 12.1 Å². The van der Waals surface area contributed by atoms with Crippen LogP contribution < -0.4 is 0 Å². The van der Waals surface area contributed by atoms with Crippen molar-refractivity contribution in [2.75, 3.05) is 26.7 Å². The highest BCUT2D eigenvalue weighted by Crippen LogP contribution is 2.17. The van der Waals surface area contributed by atoms with Gasteiger partial charge in [0.1, 0.15) is 0 Å². The van der Waals surface area contributed by atoms with Gasteiger partial charge in [-0.3, -0.25) is 4.90 Å². The Kier molecular flexibility index (Phi) is 4.12. The molecule has 0 aromatic rings. The van der Waals surface area contributed by atoms with Crippen LogP contribution in [0.3, 0.4) is 0 Å². The van der Waals surface area contributed by atoms with Crippen LogP contribution in [0.1, 0.15) is 33.6 Å². The van der Waals surface area contributed by atoms with Gasteiger partial charge in [0, 0.05) is 18.6 Å². The number of likely N-dealkylation sites (N-methyl/N-ethyl adjacent to an activating group) is 1. The molecule has 3 heteroatoms. The molecule has 1 saturated heterocycles. The molecular weight excluding hydrogens is 186 g/mol. The van der Waals surface area contributed by atoms with E-state index in [0.29, 0.717) is 0 Å². The van der Waals surface area contributed by atoms with Gasteiger partial charge in [-0.15, -0.1) is 0 Å². The molecule has 1 aliphatic rings. The first-order valence-electron chi connectivity index (χ1n) is 5.80. The van der Waals surface area contributed by atoms with Gasteiger partial charge in [0.2, 0.25) is 0 Å². The summed E-state index contributed by atoms with van der Waals surface area (Å²) in [6, 6.07) is 2.55. The van der Waals surface area contributed by atoms with E-state index < -0.39 is 0 Å². The van der Waals surface area contributed by atoms with Crippen LogP contribution in [0.5, 0.6) is 0 Å². The normalized spacial score (nSPS) is 23.3. The minimum atomic E-state index is 0.165. The molecule has 0 aliphatic carbocycles. The molecule has 1 rings (SSSR count). The summed E-state index contributed by atoms with van der Waals surface area (Å²) in [4.78, 5) is 4.65. The number of nitrogens with zero attached hydrogens (tertiary/aromatic N) is 3. The van der Waals surface area contributed by atoms with Gasteiger partial charge < -0.3 is 4.90 Å². The lowest BCUT2D eigenvalue weighted by Crippen LogP contribution is -2.43. The van der Waals surface area contributed by atoms with Crippen LogP contribution in [0, 0.1) is 11.3 Å². The Hall–Kier alpha value is -0.590. The number of hydrogen-bond donors (Lipinski definition) is 0. The Morgan fingerprint density at radius 3 is 2.67 bits per heavy atom. The molecule has 1 atom stereocenters. The predicted octanol–water partition coefficient (Wildman–Crippen LogP) is 1.70. The second kappa shape index (κ2) is 4.96. The average Bonchev–Trinajstić information content (AvgIpc) is 2.59. The van der Waals surface area contributed by atoms with Crippen LogP contribution in [0.2, 0.25) is 0 Å². The van der Waals surface area contributed by atoms with Crippen LogP contribution in [0.25, 0.3) is 0 Å². The molecule has 0 spiro atoms. The van der Waals surface area contributed by atoms with Crippen molar-refractivity contribution in [2.45, 2.75) is 45.2 Å². The third kappa shape index (κ3) is 3.48. The zero-order chi connectivity index (χ0) is 11.5. The molecule has 1 heterocycles. The molecule has 1 aliphatic heterocycles. The molecule has 0 aromatic carbocycles. The highest BCUT2D eigenvalue weighted by atomic mass is 15.2. The largest absolute Gasteiger partial charge is 0.300 e. The Balaban J connectivity index is 2.34. The number of rotatable bonds is 3. The molecule has 1 fully saturated rings. The van der Waals surface area contributed by atoms with E-state index in [4.69, 9.17) is 5.26 Å². The quantitative estimate of drug-likeness (QED) is 0.709. The van der Waals surface area contributed by atoms with Crippen molar-refractivity contribution < 1.29 is 0 Å². The van der Waals surface area contributed by atoms with Gasteiger partial charge in [-0.25, -0.2) is 0 Å². The molecule has 0 aromatic heterocycles. The van der Waals surface area contributed by atoms with E-state index in [9.17, 15) is 0 Å². The van der Waals surface area contributed by atoms with Gasteiger partial charge in [0.15, 0.2) is 0 Å². The van der Waals surface area contributed by atoms with Gasteiger partial charge in [-0.05, 0) is 47.2 Å². The summed E-state index contributed by atoms with van der Waals surface area (Å²) in [5.41, 5.74) is 0.224. The first-order valence-corrected chi connectivity index (χ1v) is 5.80. The summed E-state index contributed by atoms with van der Waals surface area (Å²) in [7, 11) is 2.15. The minimum absolute atomic E-state index is 0.165. The molecule has 15 heavy (non-hydrogen) atoms. The zero-order valence-corrected chi connectivity index (χ0v) is 10.5. The first-order chi connectivity index (χ1) is 6.95. The molecule has 0 unspecified atom stereocenters. The Bertz CT molecular complexity index is 236. The molecular formula is C12H23N3. The van der Waals surface area contributed by atoms with Crippen molar-refractivity contribution >= 4 is 0 Å². The Morgan fingerprint density at radius 1 is 1.47 bits per heavy atom. The lowest BCUT2D eigenvalue weighted by molar-refractivity contribution is 0.148. The molecule has 0 bridgehead atoms. The Morgan fingerprint density at radius 2 is 2.13 bits per heavy atom. The molecule has 0 amide bonds. The summed E-state index contributed by atoms with van der Waals surface area (Å²) in [5, 5.41) is 8.96. The maximum atomic E-state index is 8.96. The third-order valence-electron chi connectivity index (χ3n) is 3.38. The average molecular weight is 209 g/mol. The summed E-state index contributed by atoms with van der Waals surface area (Å²) in [5.74, 6) is 0. The Labute approximate surface area is 93.7 Å². The van der Waals surface area contributed by atoms with E-state index in [2.05, 4.69) is 43.7 Å². The minimum Gasteiger partial charge on any atom is -0.300 e. The monoisotopic (exact) mass is 209 g/mol. The highest BCUT2D eigenvalue weighted by molar-refractivity contribution is 4.96. The van der Waals surface area contributed by atoms with Crippen molar-refractivity contribution in [3.63, 3.8) is 0 Å². The molecule has 0 radical (unpaired) electrons. The first kappa shape index (κ1) is 12.5. The second-order valence-corrected chi connectivity index (χ2v) is 5.42. The fourth-order valence-corrected chi connectivity index (χ4v) is 1.85. The smallest absolute Gasteiger partial charge is 0.0978 e. The second-order valence-electron chi connectivity index (χ2n) is 5.42. The topological polar surface area (TPSA) is 30.3 Å². The SMILES string of the molecule is CN(CCN1CCC[C@@H]1C#N)C(C)(C)C. The van der Waals surface area contributed by atoms with Crippen molar-refractivity contribution in [3.05, 3.63) is 0 Å². The standard InChI is InChI=1S/C12H23N3/c1-12(2,3)14(4)8-9-15-7-5-6-11(15)10-13/h11H,5-9H2,1-4H3/t11-/m1/s1. The van der Waals surface area contributed by atoms with Crippen molar-refractivity contribution in [1.82, 2.24) is 9.80 Å². The predicted molar refractivity (Wildman–Crippen MR) is 62.6 cm³/mol. The van der Waals surface area contributed by atoms with Crippen LogP contribution >= 0.6 is 0 Å². The van der Waals surface area contributed by atoms with Gasteiger partial charge in [-0.1, -0.05) is 0 Å². The van der Waals surface area contributed by atoms with Crippen LogP contribution in [-0.4, -0.2) is 48.1 Å². The number of likely N-dealkylation sites (tertiary alicyclic amines) is 1. The lowest BCUT2D eigenvalue weighted by Gasteiger charge is -2.33. The highest BCUT2D eigenvalue weighted by Gasteiger charge is 2.25. The van der Waals surface area contributed by atoms with E-state index >= 15 is 0 Å². The van der Waals surface area contributed by atoms with Crippen molar-refractivity contribution in [2.24, 2.45) is 0 Å². The van der Waals surface area contributed by atoms with Gasteiger partial charge in [0.25, 0.3) is 0 Å². The maximum Gasteiger partial charge on any atom is 0.0978 e. The fourth-order valence-electron chi connectivity index (χ4n) is 1.85. The molecule has 0 N–H and O–H groups in total. The summed E-state index contributed by atoms with van der Waals surface area (Å²) in [6.45, 7) is 9.82. The van der Waals surface area contributed by atoms with Crippen molar-refractivity contribution in [3.8, 4) is 6.07 Å². The lowest BCUT2D eigenvalue weighted by atomic mass is 10.1. The van der Waals surface area contributed by atoms with E-state index in [1.165, 1.54) is 6.42 Å². The molecule has 86 valence electrons. The molecule has 0 saturated carbocycles. The zero-order valence-electron chi connectivity index (χ0n) is 10.5. The summed E-state index contributed by atoms with van der Waals surface area (Å²) >= 11 is 0. The number of nitriles is 1. The van der Waals surface area contributed by atoms with Crippen molar-refractivity contribution in [1.29, 1.82) is 5.26 Å².